The molecule has 31 heavy (non-hydrogen) atoms. The van der Waals surface area contributed by atoms with Gasteiger partial charge in [-0.05, 0) is 59.5 Å². The zero-order valence-corrected chi connectivity index (χ0v) is 17.0. The third-order valence-corrected chi connectivity index (χ3v) is 5.30. The van der Waals surface area contributed by atoms with Crippen LogP contribution in [0.4, 0.5) is 20.2 Å². The molecule has 0 aromatic heterocycles. The fourth-order valence-corrected chi connectivity index (χ4v) is 3.56. The van der Waals surface area contributed by atoms with Crippen molar-refractivity contribution in [2.24, 2.45) is 0 Å². The van der Waals surface area contributed by atoms with Crippen molar-refractivity contribution < 1.29 is 23.1 Å². The molecule has 0 aliphatic carbocycles. The normalized spacial score (nSPS) is 12.9. The Morgan fingerprint density at radius 3 is 2.42 bits per heavy atom. The Morgan fingerprint density at radius 2 is 1.77 bits per heavy atom. The van der Waals surface area contributed by atoms with Gasteiger partial charge in [0.1, 0.15) is 22.9 Å². The summed E-state index contributed by atoms with van der Waals surface area (Å²) in [5.41, 5.74) is 3.33. The van der Waals surface area contributed by atoms with Crippen LogP contribution in [-0.2, 0) is 11.2 Å². The third kappa shape index (κ3) is 3.86. The number of halogens is 2. The lowest BCUT2D eigenvalue weighted by atomic mass is 9.96. The Balaban J connectivity index is 1.63. The van der Waals surface area contributed by atoms with E-state index in [9.17, 15) is 18.4 Å². The highest BCUT2D eigenvalue weighted by Gasteiger charge is 2.24. The van der Waals surface area contributed by atoms with Crippen molar-refractivity contribution in [2.75, 3.05) is 23.9 Å². The number of fused-ring (bicyclic) bond motifs is 1. The van der Waals surface area contributed by atoms with Crippen molar-refractivity contribution >= 4 is 23.2 Å². The number of anilines is 2. The second-order valence-electron chi connectivity index (χ2n) is 7.20. The zero-order valence-electron chi connectivity index (χ0n) is 17.0. The third-order valence-electron chi connectivity index (χ3n) is 5.30. The fourth-order valence-electron chi connectivity index (χ4n) is 3.56. The summed E-state index contributed by atoms with van der Waals surface area (Å²) in [4.78, 5) is 25.8. The number of hydrogen-bond acceptors (Lipinski definition) is 3. The summed E-state index contributed by atoms with van der Waals surface area (Å²) in [6.45, 7) is 2.05. The number of amides is 2. The van der Waals surface area contributed by atoms with E-state index < -0.39 is 23.1 Å². The number of nitrogens with zero attached hydrogens (tertiary/aromatic N) is 1. The van der Waals surface area contributed by atoms with Crippen LogP contribution in [0.25, 0.3) is 11.1 Å². The van der Waals surface area contributed by atoms with E-state index in [4.69, 9.17) is 4.74 Å². The molecule has 158 valence electrons. The molecule has 0 bridgehead atoms. The number of carbonyl (C=O) groups excluding carboxylic acids is 2. The summed E-state index contributed by atoms with van der Waals surface area (Å²) in [7, 11) is 1.71. The van der Waals surface area contributed by atoms with E-state index in [-0.39, 0.29) is 12.5 Å². The minimum Gasteiger partial charge on any atom is -0.482 e. The van der Waals surface area contributed by atoms with Gasteiger partial charge in [-0.15, -0.1) is 0 Å². The molecule has 0 spiro atoms. The predicted octanol–water partition coefficient (Wildman–Crippen LogP) is 4.80. The molecule has 0 atom stereocenters. The van der Waals surface area contributed by atoms with Crippen LogP contribution in [0.1, 0.15) is 22.8 Å². The number of ether oxygens (including phenoxy) is 1. The molecule has 3 aromatic carbocycles. The van der Waals surface area contributed by atoms with Crippen LogP contribution < -0.4 is 15.0 Å². The maximum Gasteiger partial charge on any atom is 0.264 e. The first-order valence-electron chi connectivity index (χ1n) is 9.81. The number of nitrogens with one attached hydrogen (secondary N) is 1. The molecule has 0 saturated carbocycles. The van der Waals surface area contributed by atoms with Crippen LogP contribution in [0, 0.1) is 11.6 Å². The van der Waals surface area contributed by atoms with Gasteiger partial charge in [0.25, 0.3) is 11.8 Å². The Hall–Kier alpha value is -3.74. The Kier molecular flexibility index (Phi) is 5.42. The Bertz CT molecular complexity index is 1160. The van der Waals surface area contributed by atoms with Gasteiger partial charge in [0.2, 0.25) is 0 Å². The van der Waals surface area contributed by atoms with Crippen LogP contribution in [-0.4, -0.2) is 25.5 Å². The number of aryl methyl sites for hydroxylation is 1. The summed E-state index contributed by atoms with van der Waals surface area (Å²) >= 11 is 0. The van der Waals surface area contributed by atoms with Crippen molar-refractivity contribution in [3.63, 3.8) is 0 Å². The quantitative estimate of drug-likeness (QED) is 0.657. The maximum absolute atomic E-state index is 13.8. The Morgan fingerprint density at radius 1 is 1.10 bits per heavy atom. The van der Waals surface area contributed by atoms with Crippen molar-refractivity contribution in [3.8, 4) is 16.9 Å². The lowest BCUT2D eigenvalue weighted by molar-refractivity contribution is -0.120. The number of hydrogen-bond donors (Lipinski definition) is 1. The molecule has 0 saturated heterocycles. The lowest BCUT2D eigenvalue weighted by Gasteiger charge is -2.27. The predicted molar refractivity (Wildman–Crippen MR) is 114 cm³/mol. The molecule has 5 nitrogen and oxygen atoms in total. The molecule has 0 radical (unpaired) electrons. The van der Waals surface area contributed by atoms with E-state index in [2.05, 4.69) is 5.32 Å². The highest BCUT2D eigenvalue weighted by atomic mass is 19.1. The second-order valence-corrected chi connectivity index (χ2v) is 7.20. The van der Waals surface area contributed by atoms with Crippen LogP contribution in [0.3, 0.4) is 0 Å². The summed E-state index contributed by atoms with van der Waals surface area (Å²) in [6.07, 6.45) is 0.759. The van der Waals surface area contributed by atoms with E-state index in [1.165, 1.54) is 6.07 Å². The first-order chi connectivity index (χ1) is 14.9. The number of rotatable bonds is 4. The maximum atomic E-state index is 13.8. The van der Waals surface area contributed by atoms with E-state index in [0.29, 0.717) is 17.1 Å². The van der Waals surface area contributed by atoms with Gasteiger partial charge < -0.3 is 15.0 Å². The molecule has 2 amide bonds. The lowest BCUT2D eigenvalue weighted by Crippen LogP contribution is -2.35. The number of benzene rings is 3. The van der Waals surface area contributed by atoms with Gasteiger partial charge in [0.15, 0.2) is 6.61 Å². The molecule has 1 aliphatic heterocycles. The molecule has 3 aromatic rings. The van der Waals surface area contributed by atoms with E-state index in [0.717, 1.165) is 35.2 Å². The second kappa shape index (κ2) is 8.18. The molecule has 7 heteroatoms. The highest BCUT2D eigenvalue weighted by Crippen LogP contribution is 2.38. The topological polar surface area (TPSA) is 58.6 Å². The molecule has 0 fully saturated rings. The van der Waals surface area contributed by atoms with E-state index >= 15 is 0 Å². The van der Waals surface area contributed by atoms with E-state index in [1.807, 2.05) is 19.1 Å². The van der Waals surface area contributed by atoms with Crippen LogP contribution >= 0.6 is 0 Å². The SMILES string of the molecule is CCc1cc2c(cc1-c1ccc(NC(=O)c3c(F)cccc3F)cc1)N(C)C(=O)CO2. The number of carbonyl (C=O) groups is 2. The largest absolute Gasteiger partial charge is 0.482 e. The average molecular weight is 422 g/mol. The summed E-state index contributed by atoms with van der Waals surface area (Å²) in [5, 5.41) is 2.52. The van der Waals surface area contributed by atoms with Crippen molar-refractivity contribution in [1.29, 1.82) is 0 Å². The van der Waals surface area contributed by atoms with Gasteiger partial charge in [0.05, 0.1) is 5.69 Å². The van der Waals surface area contributed by atoms with Crippen LogP contribution in [0.2, 0.25) is 0 Å². The van der Waals surface area contributed by atoms with Gasteiger partial charge in [-0.2, -0.15) is 0 Å². The van der Waals surface area contributed by atoms with Gasteiger partial charge in [-0.25, -0.2) is 8.78 Å². The molecule has 0 unspecified atom stereocenters. The van der Waals surface area contributed by atoms with Crippen LogP contribution in [0.5, 0.6) is 5.75 Å². The molecule has 1 heterocycles. The monoisotopic (exact) mass is 422 g/mol. The van der Waals surface area contributed by atoms with Gasteiger partial charge in [-0.1, -0.05) is 25.1 Å². The summed E-state index contributed by atoms with van der Waals surface area (Å²) in [5.74, 6) is -2.16. The molecular formula is C24H20F2N2O3. The van der Waals surface area contributed by atoms with Gasteiger partial charge >= 0.3 is 0 Å². The first-order valence-corrected chi connectivity index (χ1v) is 9.81. The first kappa shape index (κ1) is 20.5. The molecule has 4 rings (SSSR count). The molecule has 1 aliphatic rings. The highest BCUT2D eigenvalue weighted by molar-refractivity contribution is 6.04. The van der Waals surface area contributed by atoms with Crippen molar-refractivity contribution in [1.82, 2.24) is 0 Å². The van der Waals surface area contributed by atoms with Gasteiger partial charge in [0, 0.05) is 12.7 Å². The Labute approximate surface area is 178 Å². The van der Waals surface area contributed by atoms with Crippen molar-refractivity contribution in [2.45, 2.75) is 13.3 Å². The van der Waals surface area contributed by atoms with Crippen molar-refractivity contribution in [3.05, 3.63) is 77.4 Å². The molecular weight excluding hydrogens is 402 g/mol. The average Bonchev–Trinajstić information content (AvgIpc) is 2.76. The fraction of sp³-hybridized carbons (Fsp3) is 0.167. The van der Waals surface area contributed by atoms with Gasteiger partial charge in [-0.3, -0.25) is 9.59 Å². The number of likely N-dealkylation sites (N-methyl/N-ethyl adjacent to an activating group) is 1. The standard InChI is InChI=1S/C24H20F2N2O3/c1-3-14-11-21-20(28(2)22(29)13-31-21)12-17(14)15-7-9-16(10-8-15)27-24(30)23-18(25)5-4-6-19(23)26/h4-12H,3,13H2,1-2H3,(H,27,30). The summed E-state index contributed by atoms with van der Waals surface area (Å²) < 4.78 is 33.2. The minimum absolute atomic E-state index is 0.0169. The smallest absolute Gasteiger partial charge is 0.264 e. The minimum atomic E-state index is -0.920. The molecule has 1 N–H and O–H groups in total. The van der Waals surface area contributed by atoms with E-state index in [1.54, 1.807) is 36.2 Å². The zero-order chi connectivity index (χ0) is 22.1. The van der Waals surface area contributed by atoms with Crippen LogP contribution in [0.15, 0.2) is 54.6 Å². The summed E-state index contributed by atoms with van der Waals surface area (Å²) in [6, 6.07) is 14.1.